The van der Waals surface area contributed by atoms with Crippen LogP contribution in [0.1, 0.15) is 22.6 Å². The van der Waals surface area contributed by atoms with Crippen molar-refractivity contribution in [3.8, 4) is 22.8 Å². The van der Waals surface area contributed by atoms with Gasteiger partial charge in [0, 0.05) is 19.0 Å². The number of alkyl carbamates (subject to hydrolysis) is 1. The molecular formula is C34H32FN7O9S. The number of hydrogen-bond acceptors (Lipinski definition) is 13. The van der Waals surface area contributed by atoms with Gasteiger partial charge in [-0.3, -0.25) is 9.59 Å². The summed E-state index contributed by atoms with van der Waals surface area (Å²) in [6.45, 7) is -0.716. The summed E-state index contributed by atoms with van der Waals surface area (Å²) in [5.74, 6) is -1.71. The quantitative estimate of drug-likeness (QED) is 0.124. The second-order valence-electron chi connectivity index (χ2n) is 11.5. The molecule has 0 bridgehead atoms. The van der Waals surface area contributed by atoms with Crippen LogP contribution >= 0.6 is 0 Å². The fraction of sp³-hybridized carbons (Fsp3) is 0.235. The number of carbonyl (C=O) groups is 3. The number of nitrogen functional groups attached to an aromatic ring is 1. The third kappa shape index (κ3) is 8.35. The van der Waals surface area contributed by atoms with E-state index in [9.17, 15) is 26.7 Å². The molecule has 1 aliphatic carbocycles. The maximum atomic E-state index is 13.5. The fourth-order valence-corrected chi connectivity index (χ4v) is 6.10. The molecule has 0 saturated carbocycles. The van der Waals surface area contributed by atoms with Gasteiger partial charge in [0.2, 0.25) is 17.7 Å². The molecule has 3 N–H and O–H groups in total. The number of imidazole rings is 1. The van der Waals surface area contributed by atoms with Gasteiger partial charge in [-0.1, -0.05) is 64.5 Å². The van der Waals surface area contributed by atoms with Gasteiger partial charge in [0.15, 0.2) is 11.2 Å². The van der Waals surface area contributed by atoms with Crippen LogP contribution in [-0.2, 0) is 42.7 Å². The Morgan fingerprint density at radius 2 is 1.65 bits per heavy atom. The third-order valence-corrected chi connectivity index (χ3v) is 8.54. The van der Waals surface area contributed by atoms with Crippen LogP contribution < -0.4 is 20.0 Å². The van der Waals surface area contributed by atoms with Crippen LogP contribution in [0.25, 0.3) is 22.3 Å². The number of esters is 1. The van der Waals surface area contributed by atoms with E-state index in [4.69, 9.17) is 19.9 Å². The number of nitrogens with one attached hydrogen (secondary N) is 1. The minimum absolute atomic E-state index is 0.000860. The van der Waals surface area contributed by atoms with E-state index >= 15 is 0 Å². The Balaban J connectivity index is 1.06. The highest BCUT2D eigenvalue weighted by Gasteiger charge is 2.29. The van der Waals surface area contributed by atoms with Crippen LogP contribution in [0.15, 0.2) is 79.1 Å². The van der Waals surface area contributed by atoms with Gasteiger partial charge in [0.1, 0.15) is 32.1 Å². The van der Waals surface area contributed by atoms with Gasteiger partial charge in [0.05, 0.1) is 13.4 Å². The van der Waals surface area contributed by atoms with Crippen molar-refractivity contribution >= 4 is 45.6 Å². The summed E-state index contributed by atoms with van der Waals surface area (Å²) < 4.78 is 55.9. The second-order valence-corrected chi connectivity index (χ2v) is 12.4. The standard InChI is InChI=1S/C34H32FN7O9S/c1-48-29(44)17-41(15-14-37-34(45)50-19-27-25-8-4-2-6-23(25)24-7-3-5-9-26(24)27)28(43)16-42-20-38-30-31(42)39-33(36)40-32(30)49-18-21-10-12-22(13-11-21)51-52(35,46)47/h2-13,20,27H,14-19H2,1H3,(H,37,45)(H2,36,39,40). The fourth-order valence-electron chi connectivity index (χ4n) is 5.76. The molecule has 0 atom stereocenters. The number of ether oxygens (including phenoxy) is 3. The number of aromatic nitrogens is 4. The number of fused-ring (bicyclic) bond motifs is 4. The lowest BCUT2D eigenvalue weighted by Gasteiger charge is -2.22. The summed E-state index contributed by atoms with van der Waals surface area (Å²) in [7, 11) is -3.97. The number of hydrogen-bond donors (Lipinski definition) is 2. The van der Waals surface area contributed by atoms with Crippen LogP contribution in [0, 0.1) is 0 Å². The van der Waals surface area contributed by atoms with Crippen molar-refractivity contribution in [1.29, 1.82) is 0 Å². The van der Waals surface area contributed by atoms with Crippen molar-refractivity contribution in [2.45, 2.75) is 19.1 Å². The van der Waals surface area contributed by atoms with Crippen LogP contribution in [0.5, 0.6) is 11.6 Å². The topological polar surface area (TPSA) is 207 Å². The van der Waals surface area contributed by atoms with Crippen molar-refractivity contribution in [3.63, 3.8) is 0 Å². The normalized spacial score (nSPS) is 12.1. The maximum absolute atomic E-state index is 13.5. The average Bonchev–Trinajstić information content (AvgIpc) is 3.67. The molecule has 1 aliphatic rings. The molecule has 16 nitrogen and oxygen atoms in total. The highest BCUT2D eigenvalue weighted by molar-refractivity contribution is 7.81. The summed E-state index contributed by atoms with van der Waals surface area (Å²) in [6.07, 6.45) is 0.655. The molecule has 2 heterocycles. The van der Waals surface area contributed by atoms with E-state index in [-0.39, 0.29) is 74.1 Å². The van der Waals surface area contributed by atoms with Crippen molar-refractivity contribution in [2.75, 3.05) is 39.1 Å². The first kappa shape index (κ1) is 35.5. The molecule has 6 rings (SSSR count). The lowest BCUT2D eigenvalue weighted by atomic mass is 9.98. The number of methoxy groups -OCH3 is 1. The first-order valence-electron chi connectivity index (χ1n) is 15.8. The van der Waals surface area contributed by atoms with Crippen molar-refractivity contribution in [3.05, 3.63) is 95.8 Å². The largest absolute Gasteiger partial charge is 0.488 e. The molecule has 3 aromatic carbocycles. The van der Waals surface area contributed by atoms with Crippen LogP contribution in [0.2, 0.25) is 0 Å². The molecule has 2 aromatic heterocycles. The van der Waals surface area contributed by atoms with E-state index in [0.29, 0.717) is 5.56 Å². The van der Waals surface area contributed by atoms with Gasteiger partial charge in [-0.25, -0.2) is 9.78 Å². The highest BCUT2D eigenvalue weighted by Crippen LogP contribution is 2.44. The Morgan fingerprint density at radius 1 is 0.981 bits per heavy atom. The number of rotatable bonds is 14. The minimum atomic E-state index is -5.17. The zero-order chi connectivity index (χ0) is 36.8. The monoisotopic (exact) mass is 733 g/mol. The van der Waals surface area contributed by atoms with Crippen LogP contribution in [-0.4, -0.2) is 84.2 Å². The van der Waals surface area contributed by atoms with Crippen molar-refractivity contribution in [1.82, 2.24) is 29.7 Å². The zero-order valence-electron chi connectivity index (χ0n) is 27.6. The molecule has 270 valence electrons. The van der Waals surface area contributed by atoms with E-state index in [1.54, 1.807) is 0 Å². The van der Waals surface area contributed by atoms with Crippen molar-refractivity contribution in [2.24, 2.45) is 0 Å². The third-order valence-electron chi connectivity index (χ3n) is 8.14. The van der Waals surface area contributed by atoms with E-state index < -0.39 is 28.5 Å². The molecule has 0 radical (unpaired) electrons. The molecule has 2 amide bonds. The molecule has 0 aliphatic heterocycles. The molecule has 5 aromatic rings. The molecule has 18 heteroatoms. The van der Waals surface area contributed by atoms with Gasteiger partial charge in [-0.05, 0) is 39.9 Å². The van der Waals surface area contributed by atoms with Crippen LogP contribution in [0.4, 0.5) is 14.6 Å². The molecule has 0 unspecified atom stereocenters. The minimum Gasteiger partial charge on any atom is -0.471 e. The van der Waals surface area contributed by atoms with Gasteiger partial charge < -0.3 is 38.9 Å². The van der Waals surface area contributed by atoms with E-state index in [1.165, 1.54) is 47.2 Å². The summed E-state index contributed by atoms with van der Waals surface area (Å²) in [6, 6.07) is 21.3. The first-order chi connectivity index (χ1) is 25.0. The second kappa shape index (κ2) is 15.3. The number of nitrogens with zero attached hydrogens (tertiary/aromatic N) is 5. The Labute approximate surface area is 296 Å². The number of anilines is 1. The Morgan fingerprint density at radius 3 is 2.31 bits per heavy atom. The van der Waals surface area contributed by atoms with E-state index in [2.05, 4.69) is 24.5 Å². The lowest BCUT2D eigenvalue weighted by Crippen LogP contribution is -2.43. The van der Waals surface area contributed by atoms with Gasteiger partial charge >= 0.3 is 22.6 Å². The van der Waals surface area contributed by atoms with Gasteiger partial charge in [0.25, 0.3) is 0 Å². The Bertz CT molecular complexity index is 2190. The number of benzene rings is 3. The number of carbonyl (C=O) groups excluding carboxylic acids is 3. The van der Waals surface area contributed by atoms with Crippen LogP contribution in [0.3, 0.4) is 0 Å². The molecular weight excluding hydrogens is 701 g/mol. The molecule has 0 fully saturated rings. The summed E-state index contributed by atoms with van der Waals surface area (Å²) in [5, 5.41) is 2.64. The zero-order valence-corrected chi connectivity index (χ0v) is 28.4. The summed E-state index contributed by atoms with van der Waals surface area (Å²) in [4.78, 5) is 52.1. The average molecular weight is 734 g/mol. The maximum Gasteiger partial charge on any atom is 0.488 e. The van der Waals surface area contributed by atoms with Crippen molar-refractivity contribution < 1.29 is 45.1 Å². The number of amides is 2. The van der Waals surface area contributed by atoms with Gasteiger partial charge in [-0.2, -0.15) is 18.4 Å². The number of nitrogens with two attached hydrogens (primary N) is 1. The number of halogens is 1. The highest BCUT2D eigenvalue weighted by atomic mass is 32.3. The molecule has 52 heavy (non-hydrogen) atoms. The Kier molecular flexibility index (Phi) is 10.5. The summed E-state index contributed by atoms with van der Waals surface area (Å²) >= 11 is 0. The lowest BCUT2D eigenvalue weighted by molar-refractivity contribution is -0.147. The van der Waals surface area contributed by atoms with Gasteiger partial charge in [-0.15, -0.1) is 0 Å². The predicted octanol–water partition coefficient (Wildman–Crippen LogP) is 3.12. The molecule has 0 spiro atoms. The Hall–Kier alpha value is -6.30. The smallest absolute Gasteiger partial charge is 0.471 e. The predicted molar refractivity (Wildman–Crippen MR) is 183 cm³/mol. The first-order valence-corrected chi connectivity index (χ1v) is 17.1. The van der Waals surface area contributed by atoms with E-state index in [1.807, 2.05) is 48.5 Å². The summed E-state index contributed by atoms with van der Waals surface area (Å²) in [5.41, 5.74) is 11.2. The molecule has 0 saturated heterocycles. The van der Waals surface area contributed by atoms with E-state index in [0.717, 1.165) is 22.3 Å². The SMILES string of the molecule is COC(=O)CN(CCNC(=O)OCC1c2ccccc2-c2ccccc21)C(=O)Cn1cnc2c(OCc3ccc(OS(=O)(=O)F)cc3)nc(N)nc21.